The lowest BCUT2D eigenvalue weighted by Crippen LogP contribution is -2.18. The van der Waals surface area contributed by atoms with Gasteiger partial charge in [-0.15, -0.1) is 0 Å². The maximum Gasteiger partial charge on any atom is 0.311 e. The molecule has 0 saturated heterocycles. The van der Waals surface area contributed by atoms with Crippen LogP contribution in [-0.4, -0.2) is 22.3 Å². The number of fused-ring (bicyclic) bond motifs is 1. The minimum absolute atomic E-state index is 0.101. The van der Waals surface area contributed by atoms with E-state index in [1.807, 2.05) is 0 Å². The molecule has 1 aromatic heterocycles. The Balaban J connectivity index is 2.09. The molecule has 8 heteroatoms. The number of halogens is 1. The van der Waals surface area contributed by atoms with E-state index in [2.05, 4.69) is 4.98 Å². The lowest BCUT2D eigenvalue weighted by molar-refractivity contribution is -0.385. The highest BCUT2D eigenvalue weighted by molar-refractivity contribution is 6.00. The summed E-state index contributed by atoms with van der Waals surface area (Å²) in [5, 5.41) is 11.2. The zero-order chi connectivity index (χ0) is 15.7. The van der Waals surface area contributed by atoms with Crippen molar-refractivity contribution < 1.29 is 23.6 Å². The van der Waals surface area contributed by atoms with E-state index in [1.165, 1.54) is 30.5 Å². The first kappa shape index (κ1) is 14.1. The van der Waals surface area contributed by atoms with Crippen molar-refractivity contribution in [2.24, 2.45) is 0 Å². The largest absolute Gasteiger partial charge is 0.445 e. The normalized spacial score (nSPS) is 13.6. The Morgan fingerprint density at radius 1 is 1.32 bits per heavy atom. The van der Waals surface area contributed by atoms with Crippen molar-refractivity contribution in [3.63, 3.8) is 0 Å². The summed E-state index contributed by atoms with van der Waals surface area (Å²) in [6, 6.07) is 5.17. The van der Waals surface area contributed by atoms with Crippen LogP contribution in [0.4, 0.5) is 10.1 Å². The molecular formula is C14H9FN2O5. The number of Topliss-reactive ketones (excluding diaryl/α,β-unsaturated/α-hetero) is 1. The van der Waals surface area contributed by atoms with Crippen LogP contribution in [0.25, 0.3) is 0 Å². The van der Waals surface area contributed by atoms with Gasteiger partial charge in [0, 0.05) is 17.8 Å². The third kappa shape index (κ3) is 2.51. The Bertz CT molecular complexity index is 778. The third-order valence-corrected chi connectivity index (χ3v) is 3.12. The second-order valence-electron chi connectivity index (χ2n) is 4.54. The summed E-state index contributed by atoms with van der Waals surface area (Å²) >= 11 is 0. The maximum atomic E-state index is 13.5. The quantitative estimate of drug-likeness (QED) is 0.492. The van der Waals surface area contributed by atoms with Crippen LogP contribution in [0.2, 0.25) is 0 Å². The molecule has 7 nitrogen and oxygen atoms in total. The van der Waals surface area contributed by atoms with E-state index in [0.717, 1.165) is 0 Å². The summed E-state index contributed by atoms with van der Waals surface area (Å²) in [6.45, 7) is -0.00501. The lowest BCUT2D eigenvalue weighted by Gasteiger charge is -2.16. The van der Waals surface area contributed by atoms with E-state index in [1.54, 1.807) is 0 Å². The van der Waals surface area contributed by atoms with Gasteiger partial charge < -0.3 is 9.47 Å². The van der Waals surface area contributed by atoms with Gasteiger partial charge in [0.15, 0.2) is 11.5 Å². The number of carbonyl (C=O) groups excluding carboxylic acids is 1. The van der Waals surface area contributed by atoms with Gasteiger partial charge in [-0.25, -0.2) is 4.98 Å². The van der Waals surface area contributed by atoms with Gasteiger partial charge in [0.1, 0.15) is 6.61 Å². The molecule has 0 spiro atoms. The Morgan fingerprint density at radius 3 is 2.86 bits per heavy atom. The predicted octanol–water partition coefficient (Wildman–Crippen LogP) is 2.63. The topological polar surface area (TPSA) is 91.6 Å². The van der Waals surface area contributed by atoms with Crippen LogP contribution in [-0.2, 0) is 11.3 Å². The fourth-order valence-corrected chi connectivity index (χ4v) is 2.11. The smallest absolute Gasteiger partial charge is 0.311 e. The molecule has 0 amide bonds. The van der Waals surface area contributed by atoms with Crippen molar-refractivity contribution in [2.75, 3.05) is 6.61 Å². The summed E-state index contributed by atoms with van der Waals surface area (Å²) in [6.07, 6.45) is 1.23. The van der Waals surface area contributed by atoms with Gasteiger partial charge >= 0.3 is 5.69 Å². The van der Waals surface area contributed by atoms with Crippen molar-refractivity contribution in [3.8, 4) is 11.5 Å². The molecule has 1 aromatic carbocycles. The number of pyridine rings is 1. The van der Waals surface area contributed by atoms with Crippen molar-refractivity contribution in [2.45, 2.75) is 6.61 Å². The molecule has 0 saturated carbocycles. The van der Waals surface area contributed by atoms with Crippen molar-refractivity contribution in [1.82, 2.24) is 4.98 Å². The number of carbonyl (C=O) groups is 1. The predicted molar refractivity (Wildman–Crippen MR) is 71.4 cm³/mol. The second-order valence-corrected chi connectivity index (χ2v) is 4.54. The Labute approximate surface area is 123 Å². The summed E-state index contributed by atoms with van der Waals surface area (Å²) in [5.41, 5.74) is 0.304. The van der Waals surface area contributed by atoms with Crippen LogP contribution in [0.5, 0.6) is 11.5 Å². The van der Waals surface area contributed by atoms with Crippen LogP contribution in [0, 0.1) is 16.1 Å². The fraction of sp³-hybridized carbons (Fsp3) is 0.143. The Kier molecular flexibility index (Phi) is 3.51. The number of nitro benzene ring substituents is 1. The molecule has 112 valence electrons. The van der Waals surface area contributed by atoms with Crippen LogP contribution in [0.1, 0.15) is 15.9 Å². The molecular weight excluding hydrogens is 295 g/mol. The maximum absolute atomic E-state index is 13.5. The molecule has 0 radical (unpaired) electrons. The van der Waals surface area contributed by atoms with Crippen molar-refractivity contribution in [1.29, 1.82) is 0 Å². The van der Waals surface area contributed by atoms with Gasteiger partial charge in [0.05, 0.1) is 11.5 Å². The van der Waals surface area contributed by atoms with E-state index in [9.17, 15) is 19.3 Å². The molecule has 0 N–H and O–H groups in total. The first-order valence-corrected chi connectivity index (χ1v) is 6.27. The van der Waals surface area contributed by atoms with Gasteiger partial charge in [0.25, 0.3) is 5.95 Å². The molecule has 2 aromatic rings. The number of ether oxygens (including phenoxy) is 2. The van der Waals surface area contributed by atoms with Crippen molar-refractivity contribution >= 4 is 11.5 Å². The van der Waals surface area contributed by atoms with E-state index in [-0.39, 0.29) is 41.7 Å². The van der Waals surface area contributed by atoms with Crippen LogP contribution in [0.15, 0.2) is 30.5 Å². The summed E-state index contributed by atoms with van der Waals surface area (Å²) in [7, 11) is 0. The number of rotatable bonds is 3. The van der Waals surface area contributed by atoms with Gasteiger partial charge in [-0.3, -0.25) is 14.9 Å². The van der Waals surface area contributed by atoms with E-state index < -0.39 is 10.9 Å². The van der Waals surface area contributed by atoms with E-state index >= 15 is 0 Å². The van der Waals surface area contributed by atoms with Gasteiger partial charge in [-0.2, -0.15) is 4.39 Å². The zero-order valence-electron chi connectivity index (χ0n) is 11.1. The Hall–Kier alpha value is -2.87. The standard InChI is InChI=1S/C14H9FN2O5/c15-14-12(2-1-3-16-14)22-13-5-9-8(4-10(13)17(19)20)6-21-7-11(9)18/h1-5H,6-7H2. The van der Waals surface area contributed by atoms with Gasteiger partial charge in [-0.1, -0.05) is 0 Å². The second kappa shape index (κ2) is 5.49. The number of nitrogens with zero attached hydrogens (tertiary/aromatic N) is 2. The van der Waals surface area contributed by atoms with Crippen LogP contribution < -0.4 is 4.74 Å². The van der Waals surface area contributed by atoms with E-state index in [0.29, 0.717) is 5.56 Å². The average molecular weight is 304 g/mol. The molecule has 3 rings (SSSR count). The number of nitro groups is 1. The molecule has 1 aliphatic heterocycles. The molecule has 2 heterocycles. The lowest BCUT2D eigenvalue weighted by atomic mass is 10.0. The number of benzene rings is 1. The highest BCUT2D eigenvalue weighted by atomic mass is 19.1. The molecule has 0 atom stereocenters. The van der Waals surface area contributed by atoms with E-state index in [4.69, 9.17) is 9.47 Å². The number of aromatic nitrogens is 1. The SMILES string of the molecule is O=C1COCc2cc([N+](=O)[O-])c(Oc3cccnc3F)cc21. The number of hydrogen-bond donors (Lipinski definition) is 0. The number of hydrogen-bond acceptors (Lipinski definition) is 6. The first-order chi connectivity index (χ1) is 10.6. The highest BCUT2D eigenvalue weighted by Gasteiger charge is 2.26. The molecule has 1 aliphatic rings. The molecule has 22 heavy (non-hydrogen) atoms. The molecule has 0 bridgehead atoms. The van der Waals surface area contributed by atoms with Crippen LogP contribution >= 0.6 is 0 Å². The summed E-state index contributed by atoms with van der Waals surface area (Å²) in [5.74, 6) is -1.69. The van der Waals surface area contributed by atoms with Crippen LogP contribution in [0.3, 0.4) is 0 Å². The van der Waals surface area contributed by atoms with Gasteiger partial charge in [-0.05, 0) is 23.8 Å². The Morgan fingerprint density at radius 2 is 2.14 bits per heavy atom. The fourth-order valence-electron chi connectivity index (χ4n) is 2.11. The minimum Gasteiger partial charge on any atom is -0.445 e. The van der Waals surface area contributed by atoms with Crippen molar-refractivity contribution in [3.05, 3.63) is 57.7 Å². The summed E-state index contributed by atoms with van der Waals surface area (Å²) in [4.78, 5) is 25.7. The first-order valence-electron chi connectivity index (χ1n) is 6.27. The zero-order valence-corrected chi connectivity index (χ0v) is 11.1. The highest BCUT2D eigenvalue weighted by Crippen LogP contribution is 2.36. The third-order valence-electron chi connectivity index (χ3n) is 3.12. The molecule has 0 aliphatic carbocycles. The average Bonchev–Trinajstić information content (AvgIpc) is 2.49. The minimum atomic E-state index is -0.899. The van der Waals surface area contributed by atoms with Gasteiger partial charge in [0.2, 0.25) is 5.75 Å². The monoisotopic (exact) mass is 304 g/mol. The molecule has 0 fully saturated rings. The number of ketones is 1. The summed E-state index contributed by atoms with van der Waals surface area (Å²) < 4.78 is 23.8. The molecule has 0 unspecified atom stereocenters.